The number of benzene rings is 4. The summed E-state index contributed by atoms with van der Waals surface area (Å²) in [5.74, 6) is -6.94. The van der Waals surface area contributed by atoms with Crippen LogP contribution in [-0.2, 0) is 0 Å². The smallest absolute Gasteiger partial charge is 0.340 e. The lowest BCUT2D eigenvalue weighted by Gasteiger charge is -2.44. The van der Waals surface area contributed by atoms with E-state index >= 15 is 0 Å². The molecule has 2 aliphatic carbocycles. The molecule has 0 spiro atoms. The predicted molar refractivity (Wildman–Crippen MR) is 208 cm³/mol. The van der Waals surface area contributed by atoms with Gasteiger partial charge in [-0.3, -0.25) is 9.48 Å². The normalized spacial score (nSPS) is 15.5. The van der Waals surface area contributed by atoms with Gasteiger partial charge in [0.05, 0.1) is 34.2 Å². The van der Waals surface area contributed by atoms with Gasteiger partial charge in [0.25, 0.3) is 5.96 Å². The zero-order valence-electron chi connectivity index (χ0n) is 32.1. The number of rotatable bonds is 6. The lowest BCUT2D eigenvalue weighted by atomic mass is 9.13. The van der Waals surface area contributed by atoms with E-state index in [1.807, 2.05) is 0 Å². The van der Waals surface area contributed by atoms with Crippen LogP contribution in [-0.4, -0.2) is 67.8 Å². The van der Waals surface area contributed by atoms with Crippen LogP contribution in [0.25, 0.3) is 0 Å². The van der Waals surface area contributed by atoms with E-state index in [-0.39, 0.29) is 21.9 Å². The van der Waals surface area contributed by atoms with Crippen LogP contribution in [0.1, 0.15) is 64.2 Å². The molecule has 5 nitrogen and oxygen atoms in total. The summed E-state index contributed by atoms with van der Waals surface area (Å²) in [6.45, 7) is 0. The molecule has 0 radical (unpaired) electrons. The highest BCUT2D eigenvalue weighted by atomic mass is 19.2. The Labute approximate surface area is 323 Å². The number of nitrogens with zero attached hydrogens (tertiary/aromatic N) is 3. The summed E-state index contributed by atoms with van der Waals surface area (Å²) in [5, 5.41) is 7.26. The SMILES string of the molecule is CN(C)C(NC(=NC1CCCCC1)NC1CCCCC1)=[N+](C)C.Fc1cc(F)cc([B-](c2cc(F)cc(F)c2)(c2cc(F)cc(F)c2)c2cc(F)cc(F)c2)c1. The van der Waals surface area contributed by atoms with E-state index in [1.54, 1.807) is 0 Å². The number of aliphatic imine (C=N–C) groups is 1. The molecule has 0 aliphatic heterocycles. The van der Waals surface area contributed by atoms with Crippen molar-refractivity contribution in [1.29, 1.82) is 0 Å². The van der Waals surface area contributed by atoms with Crippen molar-refractivity contribution in [2.24, 2.45) is 4.99 Å². The number of halogens is 8. The van der Waals surface area contributed by atoms with Crippen molar-refractivity contribution in [3.05, 3.63) is 119 Å². The second kappa shape index (κ2) is 18.8. The van der Waals surface area contributed by atoms with Crippen molar-refractivity contribution in [2.45, 2.75) is 76.3 Å². The number of guanidine groups is 2. The Hall–Kier alpha value is -4.88. The second-order valence-corrected chi connectivity index (χ2v) is 15.2. The van der Waals surface area contributed by atoms with Crippen LogP contribution in [0, 0.1) is 46.5 Å². The van der Waals surface area contributed by atoms with Gasteiger partial charge in [-0.05, 0) is 25.7 Å². The first-order valence-electron chi connectivity index (χ1n) is 19.0. The molecule has 0 saturated heterocycles. The molecule has 14 heteroatoms. The number of hydrogen-bond acceptors (Lipinski definition) is 1. The van der Waals surface area contributed by atoms with Crippen LogP contribution in [0.2, 0.25) is 0 Å². The summed E-state index contributed by atoms with van der Waals surface area (Å²) in [7, 11) is 8.28. The van der Waals surface area contributed by atoms with Gasteiger partial charge in [-0.1, -0.05) is 87.1 Å². The zero-order valence-corrected chi connectivity index (χ0v) is 32.1. The maximum absolute atomic E-state index is 14.3. The van der Waals surface area contributed by atoms with E-state index in [9.17, 15) is 35.1 Å². The summed E-state index contributed by atoms with van der Waals surface area (Å²) in [6.07, 6.45) is 9.79. The summed E-state index contributed by atoms with van der Waals surface area (Å²) in [4.78, 5) is 7.16. The number of hydrogen-bond donors (Lipinski definition) is 2. The molecule has 0 heterocycles. The molecule has 0 unspecified atom stereocenters. The van der Waals surface area contributed by atoms with Crippen LogP contribution in [0.5, 0.6) is 0 Å². The molecule has 56 heavy (non-hydrogen) atoms. The van der Waals surface area contributed by atoms with Crippen molar-refractivity contribution in [3.8, 4) is 0 Å². The fourth-order valence-electron chi connectivity index (χ4n) is 8.12. The van der Waals surface area contributed by atoms with Gasteiger partial charge in [0.1, 0.15) is 52.7 Å². The van der Waals surface area contributed by atoms with E-state index in [0.717, 1.165) is 60.5 Å². The quantitative estimate of drug-likeness (QED) is 0.0767. The van der Waals surface area contributed by atoms with Crippen LogP contribution < -0.4 is 32.5 Å². The fraction of sp³-hybridized carbons (Fsp3) is 0.381. The lowest BCUT2D eigenvalue weighted by molar-refractivity contribution is -0.471. The highest BCUT2D eigenvalue weighted by molar-refractivity contribution is 7.19. The molecule has 4 aromatic rings. The Morgan fingerprint density at radius 3 is 1.16 bits per heavy atom. The Balaban J connectivity index is 0.000000229. The van der Waals surface area contributed by atoms with Gasteiger partial charge in [0.15, 0.2) is 0 Å². The maximum atomic E-state index is 14.3. The Morgan fingerprint density at radius 2 is 0.857 bits per heavy atom. The van der Waals surface area contributed by atoms with Crippen LogP contribution in [0.3, 0.4) is 0 Å². The molecule has 300 valence electrons. The Bertz CT molecular complexity index is 1750. The first-order chi connectivity index (χ1) is 26.6. The molecule has 2 saturated carbocycles. The van der Waals surface area contributed by atoms with Crippen LogP contribution >= 0.6 is 0 Å². The van der Waals surface area contributed by atoms with Crippen LogP contribution in [0.15, 0.2) is 77.8 Å². The minimum atomic E-state index is -3.29. The molecular formula is C42H48BF8N5. The van der Waals surface area contributed by atoms with Crippen molar-refractivity contribution in [1.82, 2.24) is 15.5 Å². The third-order valence-corrected chi connectivity index (χ3v) is 10.4. The van der Waals surface area contributed by atoms with E-state index in [0.29, 0.717) is 36.3 Å². The third kappa shape index (κ3) is 10.7. The largest absolute Gasteiger partial charge is 0.354 e. The highest BCUT2D eigenvalue weighted by Crippen LogP contribution is 2.22. The van der Waals surface area contributed by atoms with Gasteiger partial charge in [0.2, 0.25) is 0 Å². The Kier molecular flexibility index (Phi) is 14.2. The van der Waals surface area contributed by atoms with Crippen molar-refractivity contribution in [2.75, 3.05) is 28.2 Å². The number of nitrogens with one attached hydrogen (secondary N) is 2. The summed E-state index contributed by atoms with van der Waals surface area (Å²) in [5.41, 5.74) is -1.42. The summed E-state index contributed by atoms with van der Waals surface area (Å²) < 4.78 is 117. The molecule has 2 fully saturated rings. The van der Waals surface area contributed by atoms with Gasteiger partial charge in [-0.2, -0.15) is 21.9 Å². The van der Waals surface area contributed by atoms with E-state index < -0.39 is 52.7 Å². The lowest BCUT2D eigenvalue weighted by Crippen LogP contribution is -2.75. The summed E-state index contributed by atoms with van der Waals surface area (Å²) in [6, 6.07) is 9.29. The molecule has 6 rings (SSSR count). The van der Waals surface area contributed by atoms with Crippen molar-refractivity contribution >= 4 is 39.9 Å². The molecule has 4 aromatic carbocycles. The molecular weight excluding hydrogens is 737 g/mol. The first kappa shape index (κ1) is 42.3. The van der Waals surface area contributed by atoms with Gasteiger partial charge < -0.3 is 5.32 Å². The van der Waals surface area contributed by atoms with E-state index in [4.69, 9.17) is 4.99 Å². The van der Waals surface area contributed by atoms with E-state index in [1.165, 1.54) is 64.2 Å². The van der Waals surface area contributed by atoms with E-state index in [2.05, 4.69) is 48.3 Å². The van der Waals surface area contributed by atoms with Crippen molar-refractivity contribution in [3.63, 3.8) is 0 Å². The standard InChI is InChI=1S/C24H12BF8.C18H35N5/c26-17-1-13(2-18(27)9-17)25(14-3-19(28)10-20(29)4-14,15-5-21(30)11-22(31)6-15)16-7-23(32)12-24(33)8-16;1-22(2)18(23(3)4)21-17(19-15-11-7-5-8-12-15)20-16-13-9-6-10-14-16/h1-12H;15-16H,5-14H2,1-4H3,(H,19,20)/q-1;/p+1. The topological polar surface area (TPSA) is 42.7 Å². The monoisotopic (exact) mass is 785 g/mol. The summed E-state index contributed by atoms with van der Waals surface area (Å²) >= 11 is 0. The fourth-order valence-corrected chi connectivity index (χ4v) is 8.12. The predicted octanol–water partition coefficient (Wildman–Crippen LogP) is 6.55. The highest BCUT2D eigenvalue weighted by Gasteiger charge is 2.35. The average molecular weight is 786 g/mol. The average Bonchev–Trinajstić information content (AvgIpc) is 3.10. The molecule has 0 atom stereocenters. The molecule has 0 bridgehead atoms. The Morgan fingerprint density at radius 1 is 0.536 bits per heavy atom. The third-order valence-electron chi connectivity index (χ3n) is 10.4. The maximum Gasteiger partial charge on any atom is 0.354 e. The molecule has 0 amide bonds. The van der Waals surface area contributed by atoms with Gasteiger partial charge >= 0.3 is 5.96 Å². The van der Waals surface area contributed by atoms with Crippen LogP contribution in [0.4, 0.5) is 35.1 Å². The van der Waals surface area contributed by atoms with Gasteiger partial charge in [0, 0.05) is 30.3 Å². The van der Waals surface area contributed by atoms with Gasteiger partial charge in [-0.25, -0.2) is 45.4 Å². The van der Waals surface area contributed by atoms with Gasteiger partial charge in [-0.15, -0.1) is 0 Å². The van der Waals surface area contributed by atoms with Crippen molar-refractivity contribution < 1.29 is 39.7 Å². The first-order valence-corrected chi connectivity index (χ1v) is 19.0. The molecule has 2 aliphatic rings. The minimum Gasteiger partial charge on any atom is -0.340 e. The zero-order chi connectivity index (χ0) is 40.6. The second-order valence-electron chi connectivity index (χ2n) is 15.2. The minimum absolute atomic E-state index is 0.354. The molecule has 0 aromatic heterocycles. The molecule has 2 N–H and O–H groups in total.